The summed E-state index contributed by atoms with van der Waals surface area (Å²) in [4.78, 5) is 6.55. The van der Waals surface area contributed by atoms with E-state index < -0.39 is 0 Å². The van der Waals surface area contributed by atoms with Crippen LogP contribution < -0.4 is 5.32 Å². The Balaban J connectivity index is 2.09. The van der Waals surface area contributed by atoms with Gasteiger partial charge in [-0.3, -0.25) is 9.88 Å². The number of aromatic nitrogens is 1. The first kappa shape index (κ1) is 11.5. The van der Waals surface area contributed by atoms with Crippen LogP contribution in [0.25, 0.3) is 0 Å². The van der Waals surface area contributed by atoms with Crippen molar-refractivity contribution in [3.05, 3.63) is 29.8 Å². The average Bonchev–Trinajstić information content (AvgIpc) is 2.23. The highest BCUT2D eigenvalue weighted by Gasteiger charge is 2.28. The lowest BCUT2D eigenvalue weighted by atomic mass is 10.1. The molecule has 88 valence electrons. The van der Waals surface area contributed by atoms with Crippen LogP contribution in [0.5, 0.6) is 0 Å². The van der Waals surface area contributed by atoms with Gasteiger partial charge in [-0.25, -0.2) is 4.39 Å². The lowest BCUT2D eigenvalue weighted by molar-refractivity contribution is 0.107. The second kappa shape index (κ2) is 4.89. The maximum absolute atomic E-state index is 12.8. The van der Waals surface area contributed by atoms with Crippen molar-refractivity contribution in [1.29, 1.82) is 0 Å². The molecule has 1 unspecified atom stereocenters. The van der Waals surface area contributed by atoms with Crippen molar-refractivity contribution >= 4 is 0 Å². The van der Waals surface area contributed by atoms with Gasteiger partial charge >= 0.3 is 0 Å². The molecule has 0 spiro atoms. The lowest BCUT2D eigenvalue weighted by Crippen LogP contribution is -2.57. The molecular weight excluding hydrogens is 205 g/mol. The van der Waals surface area contributed by atoms with E-state index in [1.807, 2.05) is 0 Å². The van der Waals surface area contributed by atoms with E-state index in [9.17, 15) is 4.39 Å². The summed E-state index contributed by atoms with van der Waals surface area (Å²) < 4.78 is 12.8. The van der Waals surface area contributed by atoms with Crippen LogP contribution in [0.15, 0.2) is 18.3 Å². The summed E-state index contributed by atoms with van der Waals surface area (Å²) in [6.45, 7) is 7.35. The van der Waals surface area contributed by atoms with E-state index in [0.29, 0.717) is 6.04 Å². The Morgan fingerprint density at radius 1 is 1.56 bits per heavy atom. The largest absolute Gasteiger partial charge is 0.314 e. The van der Waals surface area contributed by atoms with Crippen molar-refractivity contribution in [1.82, 2.24) is 15.2 Å². The van der Waals surface area contributed by atoms with Crippen LogP contribution in [0.2, 0.25) is 0 Å². The second-order valence-electron chi connectivity index (χ2n) is 4.22. The number of halogens is 1. The highest BCUT2D eigenvalue weighted by molar-refractivity contribution is 5.10. The molecule has 1 aromatic heterocycles. The first-order valence-electron chi connectivity index (χ1n) is 5.80. The van der Waals surface area contributed by atoms with Crippen molar-refractivity contribution < 1.29 is 4.39 Å². The summed E-state index contributed by atoms with van der Waals surface area (Å²) in [5.74, 6) is -0.274. The molecule has 1 saturated heterocycles. The van der Waals surface area contributed by atoms with Crippen molar-refractivity contribution in [2.75, 3.05) is 19.6 Å². The topological polar surface area (TPSA) is 28.2 Å². The fraction of sp³-hybridized carbons (Fsp3) is 0.583. The molecule has 0 aliphatic carbocycles. The number of nitrogens with one attached hydrogen (secondary N) is 1. The smallest absolute Gasteiger partial charge is 0.141 e. The van der Waals surface area contributed by atoms with Gasteiger partial charge in [0.05, 0.1) is 11.9 Å². The molecule has 0 bridgehead atoms. The minimum atomic E-state index is -0.274. The maximum atomic E-state index is 12.8. The molecule has 0 saturated carbocycles. The third-order valence-corrected chi connectivity index (χ3v) is 3.27. The van der Waals surface area contributed by atoms with Gasteiger partial charge in [-0.15, -0.1) is 0 Å². The normalized spacial score (nSPS) is 18.5. The fourth-order valence-corrected chi connectivity index (χ4v) is 2.16. The van der Waals surface area contributed by atoms with Gasteiger partial charge in [0.15, 0.2) is 0 Å². The number of likely N-dealkylation sites (N-methyl/N-ethyl adjacent to an activating group) is 1. The van der Waals surface area contributed by atoms with Gasteiger partial charge in [0, 0.05) is 25.2 Å². The summed E-state index contributed by atoms with van der Waals surface area (Å²) in [6.07, 6.45) is 1.29. The van der Waals surface area contributed by atoms with Crippen molar-refractivity contribution in [2.24, 2.45) is 0 Å². The molecule has 1 N–H and O–H groups in total. The summed E-state index contributed by atoms with van der Waals surface area (Å²) in [5, 5.41) is 3.27. The van der Waals surface area contributed by atoms with Gasteiger partial charge in [0.25, 0.3) is 0 Å². The summed E-state index contributed by atoms with van der Waals surface area (Å²) in [5.41, 5.74) is 0.940. The molecule has 1 aliphatic rings. The van der Waals surface area contributed by atoms with E-state index in [2.05, 4.69) is 29.0 Å². The average molecular weight is 223 g/mol. The number of nitrogens with zero attached hydrogens (tertiary/aromatic N) is 2. The lowest BCUT2D eigenvalue weighted by Gasteiger charge is -2.41. The first-order chi connectivity index (χ1) is 7.72. The quantitative estimate of drug-likeness (QED) is 0.840. The molecule has 1 aromatic rings. The standard InChI is InChI=1S/C12H18FN3/c1-3-16(11-7-14-8-11)9(2)12-5-4-10(13)6-15-12/h4-6,9,11,14H,3,7-8H2,1-2H3. The zero-order valence-electron chi connectivity index (χ0n) is 9.78. The van der Waals surface area contributed by atoms with E-state index in [-0.39, 0.29) is 11.9 Å². The minimum Gasteiger partial charge on any atom is -0.314 e. The van der Waals surface area contributed by atoms with Crippen LogP contribution in [-0.2, 0) is 0 Å². The van der Waals surface area contributed by atoms with E-state index in [4.69, 9.17) is 0 Å². The third kappa shape index (κ3) is 2.23. The molecule has 1 atom stereocenters. The fourth-order valence-electron chi connectivity index (χ4n) is 2.16. The predicted molar refractivity (Wildman–Crippen MR) is 61.6 cm³/mol. The predicted octanol–water partition coefficient (Wildman–Crippen LogP) is 1.58. The number of rotatable bonds is 4. The van der Waals surface area contributed by atoms with Crippen LogP contribution in [0.1, 0.15) is 25.6 Å². The highest BCUT2D eigenvalue weighted by atomic mass is 19.1. The minimum absolute atomic E-state index is 0.248. The molecule has 2 heterocycles. The number of hydrogen-bond donors (Lipinski definition) is 1. The highest BCUT2D eigenvalue weighted by Crippen LogP contribution is 2.21. The molecule has 0 radical (unpaired) electrons. The van der Waals surface area contributed by atoms with Gasteiger partial charge in [0.1, 0.15) is 5.82 Å². The summed E-state index contributed by atoms with van der Waals surface area (Å²) in [6, 6.07) is 4.09. The zero-order chi connectivity index (χ0) is 11.5. The molecule has 16 heavy (non-hydrogen) atoms. The van der Waals surface area contributed by atoms with Crippen LogP contribution >= 0.6 is 0 Å². The summed E-state index contributed by atoms with van der Waals surface area (Å²) in [7, 11) is 0. The Kier molecular flexibility index (Phi) is 3.51. The Labute approximate surface area is 95.7 Å². The van der Waals surface area contributed by atoms with Gasteiger partial charge < -0.3 is 5.32 Å². The second-order valence-corrected chi connectivity index (χ2v) is 4.22. The van der Waals surface area contributed by atoms with Gasteiger partial charge in [-0.05, 0) is 25.6 Å². The Morgan fingerprint density at radius 3 is 2.75 bits per heavy atom. The first-order valence-corrected chi connectivity index (χ1v) is 5.80. The van der Waals surface area contributed by atoms with Gasteiger partial charge in [0.2, 0.25) is 0 Å². The van der Waals surface area contributed by atoms with Crippen LogP contribution in [-0.4, -0.2) is 35.6 Å². The molecule has 1 fully saturated rings. The van der Waals surface area contributed by atoms with Crippen LogP contribution in [0.3, 0.4) is 0 Å². The molecule has 0 amide bonds. The molecular formula is C12H18FN3. The molecule has 0 aromatic carbocycles. The van der Waals surface area contributed by atoms with E-state index in [1.54, 1.807) is 6.07 Å². The van der Waals surface area contributed by atoms with Gasteiger partial charge in [-0.2, -0.15) is 0 Å². The van der Waals surface area contributed by atoms with Crippen LogP contribution in [0, 0.1) is 5.82 Å². The van der Waals surface area contributed by atoms with Gasteiger partial charge in [-0.1, -0.05) is 6.92 Å². The SMILES string of the molecule is CCN(C1CNC1)C(C)c1ccc(F)cn1. The molecule has 2 rings (SSSR count). The third-order valence-electron chi connectivity index (χ3n) is 3.27. The van der Waals surface area contributed by atoms with E-state index in [0.717, 1.165) is 25.3 Å². The number of pyridine rings is 1. The zero-order valence-corrected chi connectivity index (χ0v) is 9.78. The van der Waals surface area contributed by atoms with Crippen LogP contribution in [0.4, 0.5) is 4.39 Å². The summed E-state index contributed by atoms with van der Waals surface area (Å²) >= 11 is 0. The van der Waals surface area contributed by atoms with Crippen molar-refractivity contribution in [3.8, 4) is 0 Å². The van der Waals surface area contributed by atoms with E-state index >= 15 is 0 Å². The Morgan fingerprint density at radius 2 is 2.31 bits per heavy atom. The Bertz CT molecular complexity index is 335. The molecule has 3 nitrogen and oxygen atoms in total. The van der Waals surface area contributed by atoms with Crippen molar-refractivity contribution in [2.45, 2.75) is 25.9 Å². The maximum Gasteiger partial charge on any atom is 0.141 e. The number of hydrogen-bond acceptors (Lipinski definition) is 3. The molecule has 1 aliphatic heterocycles. The monoisotopic (exact) mass is 223 g/mol. The van der Waals surface area contributed by atoms with Crippen molar-refractivity contribution in [3.63, 3.8) is 0 Å². The molecule has 4 heteroatoms. The van der Waals surface area contributed by atoms with E-state index in [1.165, 1.54) is 12.3 Å². The Hall–Kier alpha value is -1.00.